The number of pyridine rings is 1. The van der Waals surface area contributed by atoms with E-state index in [2.05, 4.69) is 15.6 Å². The smallest absolute Gasteiger partial charge is 0.269 e. The van der Waals surface area contributed by atoms with E-state index in [-0.39, 0.29) is 30.6 Å². The summed E-state index contributed by atoms with van der Waals surface area (Å²) in [5.41, 5.74) is 2.03. The molecule has 1 heterocycles. The highest BCUT2D eigenvalue weighted by molar-refractivity contribution is 5.94. The predicted octanol–water partition coefficient (Wildman–Crippen LogP) is 2.12. The summed E-state index contributed by atoms with van der Waals surface area (Å²) in [6.45, 7) is 3.58. The SMILES string of the molecule is Cc1ccc(NC(=O)CN(C)CC(=O)Nc2ccc([N+](=O)[O-])cc2C)nc1. The lowest BCUT2D eigenvalue weighted by molar-refractivity contribution is -0.384. The molecule has 0 atom stereocenters. The summed E-state index contributed by atoms with van der Waals surface area (Å²) in [6.07, 6.45) is 1.65. The van der Waals surface area contributed by atoms with Crippen LogP contribution >= 0.6 is 0 Å². The highest BCUT2D eigenvalue weighted by atomic mass is 16.6. The summed E-state index contributed by atoms with van der Waals surface area (Å²) in [7, 11) is 1.64. The van der Waals surface area contributed by atoms with Crippen molar-refractivity contribution in [3.63, 3.8) is 0 Å². The van der Waals surface area contributed by atoms with E-state index >= 15 is 0 Å². The molecule has 0 bridgehead atoms. The van der Waals surface area contributed by atoms with Gasteiger partial charge < -0.3 is 10.6 Å². The van der Waals surface area contributed by atoms with Gasteiger partial charge in [-0.2, -0.15) is 0 Å². The van der Waals surface area contributed by atoms with Gasteiger partial charge in [-0.15, -0.1) is 0 Å². The Balaban J connectivity index is 1.85. The van der Waals surface area contributed by atoms with Crippen LogP contribution in [-0.4, -0.2) is 46.8 Å². The molecule has 27 heavy (non-hydrogen) atoms. The molecule has 1 aromatic carbocycles. The minimum absolute atomic E-state index is 0.00876. The number of non-ortho nitro benzene ring substituents is 1. The molecule has 0 fully saturated rings. The van der Waals surface area contributed by atoms with Gasteiger partial charge in [0.1, 0.15) is 5.82 Å². The van der Waals surface area contributed by atoms with Crippen molar-refractivity contribution in [2.24, 2.45) is 0 Å². The number of nitro benzene ring substituents is 1. The number of likely N-dealkylation sites (N-methyl/N-ethyl adjacent to an activating group) is 1. The van der Waals surface area contributed by atoms with Gasteiger partial charge in [0.15, 0.2) is 0 Å². The number of nitrogens with zero attached hydrogens (tertiary/aromatic N) is 3. The summed E-state index contributed by atoms with van der Waals surface area (Å²) in [4.78, 5) is 40.1. The van der Waals surface area contributed by atoms with Gasteiger partial charge in [-0.05, 0) is 44.2 Å². The molecule has 0 aliphatic heterocycles. The lowest BCUT2D eigenvalue weighted by atomic mass is 10.2. The average Bonchev–Trinajstić information content (AvgIpc) is 2.58. The molecule has 0 spiro atoms. The van der Waals surface area contributed by atoms with Crippen molar-refractivity contribution in [1.29, 1.82) is 0 Å². The molecule has 9 nitrogen and oxygen atoms in total. The Bertz CT molecular complexity index is 851. The molecular formula is C18H21N5O4. The van der Waals surface area contributed by atoms with Crippen LogP contribution in [0.3, 0.4) is 0 Å². The number of amides is 2. The van der Waals surface area contributed by atoms with E-state index in [1.807, 2.05) is 13.0 Å². The summed E-state index contributed by atoms with van der Waals surface area (Å²) in [5, 5.41) is 16.1. The zero-order chi connectivity index (χ0) is 20.0. The Morgan fingerprint density at radius 2 is 1.78 bits per heavy atom. The molecule has 0 aliphatic rings. The maximum absolute atomic E-state index is 12.1. The fourth-order valence-corrected chi connectivity index (χ4v) is 2.36. The number of anilines is 2. The van der Waals surface area contributed by atoms with Gasteiger partial charge in [0.25, 0.3) is 5.69 Å². The second-order valence-corrected chi connectivity index (χ2v) is 6.25. The first-order chi connectivity index (χ1) is 12.7. The van der Waals surface area contributed by atoms with Gasteiger partial charge in [-0.3, -0.25) is 24.6 Å². The van der Waals surface area contributed by atoms with Crippen LogP contribution in [0, 0.1) is 24.0 Å². The third-order valence-electron chi connectivity index (χ3n) is 3.70. The zero-order valence-electron chi connectivity index (χ0n) is 15.4. The van der Waals surface area contributed by atoms with E-state index in [1.165, 1.54) is 18.2 Å². The van der Waals surface area contributed by atoms with Crippen LogP contribution < -0.4 is 10.6 Å². The molecule has 0 unspecified atom stereocenters. The van der Waals surface area contributed by atoms with Crippen molar-refractivity contribution in [3.05, 3.63) is 57.8 Å². The van der Waals surface area contributed by atoms with Crippen molar-refractivity contribution in [1.82, 2.24) is 9.88 Å². The molecule has 0 radical (unpaired) electrons. The normalized spacial score (nSPS) is 10.5. The first kappa shape index (κ1) is 20.0. The number of aryl methyl sites for hydroxylation is 2. The zero-order valence-corrected chi connectivity index (χ0v) is 15.4. The molecule has 1 aromatic heterocycles. The molecule has 0 saturated heterocycles. The number of nitrogens with one attached hydrogen (secondary N) is 2. The number of benzene rings is 1. The maximum atomic E-state index is 12.1. The number of nitro groups is 1. The summed E-state index contributed by atoms with van der Waals surface area (Å²) in [6, 6.07) is 7.75. The highest BCUT2D eigenvalue weighted by Crippen LogP contribution is 2.21. The molecule has 2 rings (SSSR count). The fourth-order valence-electron chi connectivity index (χ4n) is 2.36. The fraction of sp³-hybridized carbons (Fsp3) is 0.278. The molecule has 2 aromatic rings. The highest BCUT2D eigenvalue weighted by Gasteiger charge is 2.14. The summed E-state index contributed by atoms with van der Waals surface area (Å²) >= 11 is 0. The molecule has 2 amide bonds. The van der Waals surface area contributed by atoms with Gasteiger partial charge in [0.2, 0.25) is 11.8 Å². The Morgan fingerprint density at radius 1 is 1.11 bits per heavy atom. The Kier molecular flexibility index (Phi) is 6.56. The van der Waals surface area contributed by atoms with Crippen molar-refractivity contribution < 1.29 is 14.5 Å². The molecule has 9 heteroatoms. The molecular weight excluding hydrogens is 350 g/mol. The van der Waals surface area contributed by atoms with Crippen LogP contribution in [0.4, 0.5) is 17.2 Å². The molecule has 142 valence electrons. The molecule has 0 aliphatic carbocycles. The maximum Gasteiger partial charge on any atom is 0.269 e. The number of rotatable bonds is 7. The van der Waals surface area contributed by atoms with Crippen LogP contribution in [0.1, 0.15) is 11.1 Å². The van der Waals surface area contributed by atoms with E-state index in [1.54, 1.807) is 31.1 Å². The second-order valence-electron chi connectivity index (χ2n) is 6.25. The lowest BCUT2D eigenvalue weighted by Gasteiger charge is -2.16. The number of carbonyl (C=O) groups is 2. The Morgan fingerprint density at radius 3 is 2.33 bits per heavy atom. The van der Waals surface area contributed by atoms with Gasteiger partial charge in [-0.25, -0.2) is 4.98 Å². The van der Waals surface area contributed by atoms with Gasteiger partial charge in [0, 0.05) is 24.0 Å². The van der Waals surface area contributed by atoms with Crippen molar-refractivity contribution in [3.8, 4) is 0 Å². The van der Waals surface area contributed by atoms with Crippen LogP contribution in [0.2, 0.25) is 0 Å². The minimum Gasteiger partial charge on any atom is -0.325 e. The monoisotopic (exact) mass is 371 g/mol. The summed E-state index contributed by atoms with van der Waals surface area (Å²) < 4.78 is 0. The minimum atomic E-state index is -0.492. The summed E-state index contributed by atoms with van der Waals surface area (Å²) in [5.74, 6) is -0.158. The van der Waals surface area contributed by atoms with Gasteiger partial charge >= 0.3 is 0 Å². The number of hydrogen-bond acceptors (Lipinski definition) is 6. The largest absolute Gasteiger partial charge is 0.325 e. The Hall–Kier alpha value is -3.33. The van der Waals surface area contributed by atoms with E-state index in [4.69, 9.17) is 0 Å². The Labute approximate surface area is 156 Å². The second kappa shape index (κ2) is 8.86. The average molecular weight is 371 g/mol. The van der Waals surface area contributed by atoms with Crippen LogP contribution in [0.5, 0.6) is 0 Å². The quantitative estimate of drug-likeness (QED) is 0.569. The third-order valence-corrected chi connectivity index (χ3v) is 3.70. The van der Waals surface area contributed by atoms with E-state index in [9.17, 15) is 19.7 Å². The first-order valence-corrected chi connectivity index (χ1v) is 8.20. The van der Waals surface area contributed by atoms with Crippen molar-refractivity contribution in [2.75, 3.05) is 30.8 Å². The first-order valence-electron chi connectivity index (χ1n) is 8.20. The van der Waals surface area contributed by atoms with Crippen LogP contribution in [0.15, 0.2) is 36.5 Å². The van der Waals surface area contributed by atoms with Crippen molar-refractivity contribution >= 4 is 29.0 Å². The lowest BCUT2D eigenvalue weighted by Crippen LogP contribution is -2.36. The van der Waals surface area contributed by atoms with Gasteiger partial charge in [-0.1, -0.05) is 6.07 Å². The van der Waals surface area contributed by atoms with E-state index in [0.717, 1.165) is 5.56 Å². The van der Waals surface area contributed by atoms with E-state index in [0.29, 0.717) is 17.1 Å². The van der Waals surface area contributed by atoms with Crippen LogP contribution in [0.25, 0.3) is 0 Å². The number of hydrogen-bond donors (Lipinski definition) is 2. The molecule has 2 N–H and O–H groups in total. The molecule has 0 saturated carbocycles. The third kappa shape index (κ3) is 6.15. The number of carbonyl (C=O) groups excluding carboxylic acids is 2. The van der Waals surface area contributed by atoms with E-state index < -0.39 is 4.92 Å². The number of aromatic nitrogens is 1. The standard InChI is InChI=1S/C18H21N5O4/c1-12-4-7-16(19-9-12)21-18(25)11-22(3)10-17(24)20-15-6-5-14(23(26)27)8-13(15)2/h4-9H,10-11H2,1-3H3,(H,20,24)(H,19,21,25). The van der Waals surface area contributed by atoms with Gasteiger partial charge in [0.05, 0.1) is 18.0 Å². The van der Waals surface area contributed by atoms with Crippen molar-refractivity contribution in [2.45, 2.75) is 13.8 Å². The van der Waals surface area contributed by atoms with Crippen LogP contribution in [-0.2, 0) is 9.59 Å². The topological polar surface area (TPSA) is 117 Å². The predicted molar refractivity (Wildman–Crippen MR) is 102 cm³/mol.